The van der Waals surface area contributed by atoms with Gasteiger partial charge in [-0.15, -0.1) is 0 Å². The van der Waals surface area contributed by atoms with Gasteiger partial charge in [-0.3, -0.25) is 0 Å². The van der Waals surface area contributed by atoms with Gasteiger partial charge in [0.05, 0.1) is 39.9 Å². The van der Waals surface area contributed by atoms with E-state index in [1.165, 1.54) is 12.4 Å². The second-order valence-electron chi connectivity index (χ2n) is 8.68. The van der Waals surface area contributed by atoms with Crippen molar-refractivity contribution < 1.29 is 8.78 Å². The van der Waals surface area contributed by atoms with Gasteiger partial charge in [-0.05, 0) is 43.9 Å². The number of alkyl halides is 2. The highest BCUT2D eigenvalue weighted by Gasteiger charge is 2.22. The predicted octanol–water partition coefficient (Wildman–Crippen LogP) is 4.97. The van der Waals surface area contributed by atoms with E-state index in [1.807, 2.05) is 18.2 Å². The zero-order chi connectivity index (χ0) is 24.5. The number of aliphatic imine (C=N–C) groups is 1. The Bertz CT molecular complexity index is 1370. The van der Waals surface area contributed by atoms with Gasteiger partial charge in [-0.25, -0.2) is 14.2 Å². The lowest BCUT2D eigenvalue weighted by molar-refractivity contribution is 0.0566. The number of nitrogens with two attached hydrogens (primary N) is 2. The van der Waals surface area contributed by atoms with E-state index in [0.717, 1.165) is 36.9 Å². The van der Waals surface area contributed by atoms with Crippen molar-refractivity contribution in [1.82, 2.24) is 19.4 Å². The van der Waals surface area contributed by atoms with Crippen molar-refractivity contribution in [2.75, 3.05) is 5.32 Å². The molecule has 1 aliphatic rings. The summed E-state index contributed by atoms with van der Waals surface area (Å²) < 4.78 is 28.4. The molecule has 0 bridgehead atoms. The molecule has 0 radical (unpaired) electrons. The van der Waals surface area contributed by atoms with Crippen LogP contribution in [0.5, 0.6) is 0 Å². The molecule has 0 atom stereocenters. The van der Waals surface area contributed by atoms with Crippen LogP contribution in [0, 0.1) is 0 Å². The number of aromatic nitrogens is 4. The first-order valence-electron chi connectivity index (χ1n) is 11.3. The zero-order valence-electron chi connectivity index (χ0n) is 18.8. The van der Waals surface area contributed by atoms with Gasteiger partial charge < -0.3 is 16.8 Å². The number of hydrogen-bond acceptors (Lipinski definition) is 5. The summed E-state index contributed by atoms with van der Waals surface area (Å²) in [5, 5.41) is 12.4. The molecule has 0 unspecified atom stereocenters. The number of halogens is 3. The van der Waals surface area contributed by atoms with Crippen molar-refractivity contribution >= 4 is 34.3 Å². The predicted molar refractivity (Wildman–Crippen MR) is 133 cm³/mol. The third-order valence-corrected chi connectivity index (χ3v) is 6.58. The first kappa shape index (κ1) is 23.3. The Morgan fingerprint density at radius 2 is 1.86 bits per heavy atom. The number of nitrogens with zero attached hydrogens (tertiary/aromatic N) is 5. The Morgan fingerprint density at radius 1 is 1.09 bits per heavy atom. The monoisotopic (exact) mass is 498 g/mol. The van der Waals surface area contributed by atoms with E-state index in [4.69, 9.17) is 23.1 Å². The van der Waals surface area contributed by atoms with Crippen molar-refractivity contribution in [3.63, 3.8) is 0 Å². The SMILES string of the molecule is N/C(=N\c1ccccc1Cl)c1cnn2cc(-c3cnn(C(F)F)c3)cc2c1N[C@H]1CC[C@H](N)CC1. The molecule has 35 heavy (non-hydrogen) atoms. The molecular weight excluding hydrogens is 474 g/mol. The lowest BCUT2D eigenvalue weighted by atomic mass is 9.91. The zero-order valence-corrected chi connectivity index (χ0v) is 19.5. The molecule has 0 saturated heterocycles. The highest BCUT2D eigenvalue weighted by atomic mass is 35.5. The van der Waals surface area contributed by atoms with Crippen molar-refractivity contribution in [1.29, 1.82) is 0 Å². The van der Waals surface area contributed by atoms with Crippen molar-refractivity contribution in [3.8, 4) is 11.1 Å². The van der Waals surface area contributed by atoms with Gasteiger partial charge in [0.1, 0.15) is 5.84 Å². The van der Waals surface area contributed by atoms with E-state index in [-0.39, 0.29) is 17.9 Å². The van der Waals surface area contributed by atoms with E-state index >= 15 is 0 Å². The summed E-state index contributed by atoms with van der Waals surface area (Å²) >= 11 is 6.28. The number of rotatable bonds is 6. The van der Waals surface area contributed by atoms with Crippen LogP contribution in [0.4, 0.5) is 20.2 Å². The van der Waals surface area contributed by atoms with Crippen molar-refractivity contribution in [2.24, 2.45) is 16.5 Å². The van der Waals surface area contributed by atoms with E-state index in [2.05, 4.69) is 20.5 Å². The fourth-order valence-corrected chi connectivity index (χ4v) is 4.53. The molecule has 1 aliphatic carbocycles. The lowest BCUT2D eigenvalue weighted by Crippen LogP contribution is -2.33. The molecule has 1 saturated carbocycles. The summed E-state index contributed by atoms with van der Waals surface area (Å²) in [6, 6.07) is 9.48. The average molecular weight is 499 g/mol. The van der Waals surface area contributed by atoms with Gasteiger partial charge in [0.25, 0.3) is 0 Å². The second-order valence-corrected chi connectivity index (χ2v) is 9.09. The van der Waals surface area contributed by atoms with E-state index < -0.39 is 6.55 Å². The van der Waals surface area contributed by atoms with Crippen LogP contribution in [0.1, 0.15) is 37.8 Å². The number of amidine groups is 1. The molecule has 1 fully saturated rings. The first-order valence-corrected chi connectivity index (χ1v) is 11.7. The summed E-state index contributed by atoms with van der Waals surface area (Å²) in [6.45, 7) is -2.71. The Morgan fingerprint density at radius 3 is 2.57 bits per heavy atom. The number of fused-ring (bicyclic) bond motifs is 1. The number of benzene rings is 1. The van der Waals surface area contributed by atoms with Crippen LogP contribution in [-0.4, -0.2) is 37.3 Å². The van der Waals surface area contributed by atoms with Crippen LogP contribution < -0.4 is 16.8 Å². The second kappa shape index (κ2) is 9.63. The minimum Gasteiger partial charge on any atom is -0.383 e. The highest BCUT2D eigenvalue weighted by molar-refractivity contribution is 6.33. The average Bonchev–Trinajstić information content (AvgIpc) is 3.50. The van der Waals surface area contributed by atoms with Crippen LogP contribution in [0.3, 0.4) is 0 Å². The normalized spacial score (nSPS) is 18.9. The highest BCUT2D eigenvalue weighted by Crippen LogP contribution is 2.32. The molecule has 11 heteroatoms. The summed E-state index contributed by atoms with van der Waals surface area (Å²) in [5.74, 6) is 0.261. The maximum absolute atomic E-state index is 13.0. The molecule has 3 heterocycles. The van der Waals surface area contributed by atoms with Crippen molar-refractivity contribution in [3.05, 3.63) is 65.7 Å². The van der Waals surface area contributed by atoms with Gasteiger partial charge in [-0.1, -0.05) is 23.7 Å². The number of hydrogen-bond donors (Lipinski definition) is 3. The summed E-state index contributed by atoms with van der Waals surface area (Å²) in [4.78, 5) is 4.55. The van der Waals surface area contributed by atoms with Gasteiger partial charge in [-0.2, -0.15) is 19.0 Å². The molecule has 0 spiro atoms. The smallest absolute Gasteiger partial charge is 0.333 e. The Kier molecular flexibility index (Phi) is 6.40. The van der Waals surface area contributed by atoms with Crippen LogP contribution in [0.25, 0.3) is 16.6 Å². The van der Waals surface area contributed by atoms with Crippen LogP contribution in [-0.2, 0) is 0 Å². The molecule has 5 N–H and O–H groups in total. The van der Waals surface area contributed by atoms with Crippen LogP contribution in [0.15, 0.2) is 60.1 Å². The molecule has 4 aromatic rings. The molecule has 8 nitrogen and oxygen atoms in total. The standard InChI is InChI=1S/C24H25ClF2N8/c25-19-3-1-2-4-20(19)33-23(29)18-11-31-34-12-14(15-10-30-35(13-15)24(26)27)9-21(34)22(18)32-17-7-5-16(28)6-8-17/h1-4,9-13,16-17,24,32H,5-8,28H2,(H2,29,33)/t16-,17-. The van der Waals surface area contributed by atoms with Crippen molar-refractivity contribution in [2.45, 2.75) is 44.3 Å². The Hall–Kier alpha value is -3.50. The number of anilines is 1. The number of nitrogens with one attached hydrogen (secondary N) is 1. The van der Waals surface area contributed by atoms with Gasteiger partial charge >= 0.3 is 6.55 Å². The fourth-order valence-electron chi connectivity index (χ4n) is 4.35. The first-order chi connectivity index (χ1) is 16.9. The van der Waals surface area contributed by atoms with Gasteiger partial charge in [0.15, 0.2) is 0 Å². The lowest BCUT2D eigenvalue weighted by Gasteiger charge is -2.28. The molecule has 1 aromatic carbocycles. The van der Waals surface area contributed by atoms with E-state index in [0.29, 0.717) is 32.1 Å². The molecule has 5 rings (SSSR count). The summed E-state index contributed by atoms with van der Waals surface area (Å²) in [7, 11) is 0. The Labute approximate surface area is 205 Å². The molecule has 182 valence electrons. The fraction of sp³-hybridized carbons (Fsp3) is 0.292. The van der Waals surface area contributed by atoms with Crippen LogP contribution >= 0.6 is 11.6 Å². The maximum atomic E-state index is 13.0. The quantitative estimate of drug-likeness (QED) is 0.257. The van der Waals surface area contributed by atoms with Gasteiger partial charge in [0.2, 0.25) is 0 Å². The minimum absolute atomic E-state index is 0.202. The molecule has 0 aliphatic heterocycles. The van der Waals surface area contributed by atoms with E-state index in [9.17, 15) is 8.78 Å². The maximum Gasteiger partial charge on any atom is 0.333 e. The molecular formula is C24H25ClF2N8. The summed E-state index contributed by atoms with van der Waals surface area (Å²) in [6.07, 6.45) is 9.83. The summed E-state index contributed by atoms with van der Waals surface area (Å²) in [5.41, 5.74) is 16.5. The van der Waals surface area contributed by atoms with Crippen LogP contribution in [0.2, 0.25) is 5.02 Å². The number of para-hydroxylation sites is 1. The third-order valence-electron chi connectivity index (χ3n) is 6.26. The molecule has 3 aromatic heterocycles. The topological polar surface area (TPSA) is 112 Å². The Balaban J connectivity index is 1.59. The third kappa shape index (κ3) is 4.85. The minimum atomic E-state index is -2.71. The van der Waals surface area contributed by atoms with Gasteiger partial charge in [0, 0.05) is 35.6 Å². The molecule has 0 amide bonds. The largest absolute Gasteiger partial charge is 0.383 e. The van der Waals surface area contributed by atoms with E-state index in [1.54, 1.807) is 29.0 Å².